The highest BCUT2D eigenvalue weighted by Gasteiger charge is 2.53. The van der Waals surface area contributed by atoms with Crippen LogP contribution in [0.3, 0.4) is 0 Å². The molecule has 0 radical (unpaired) electrons. The number of allylic oxidation sites excluding steroid dienone is 2. The first-order valence-corrected chi connectivity index (χ1v) is 11.1. The Balaban J connectivity index is 1.35. The van der Waals surface area contributed by atoms with Crippen LogP contribution in [-0.4, -0.2) is 36.6 Å². The van der Waals surface area contributed by atoms with Crippen LogP contribution in [0.15, 0.2) is 66.7 Å². The third-order valence-corrected chi connectivity index (χ3v) is 6.62. The number of carbonyl (C=O) groups excluding carboxylic acids is 1. The summed E-state index contributed by atoms with van der Waals surface area (Å²) in [5.41, 5.74) is 0.800. The van der Waals surface area contributed by atoms with Gasteiger partial charge in [0.25, 0.3) is 0 Å². The molecule has 2 atom stereocenters. The topological polar surface area (TPSA) is 38.8 Å². The summed E-state index contributed by atoms with van der Waals surface area (Å²) in [5, 5.41) is 0. The number of ether oxygens (including phenoxy) is 2. The first-order valence-electron chi connectivity index (χ1n) is 11.1. The molecule has 156 valence electrons. The Morgan fingerprint density at radius 2 is 1.73 bits per heavy atom. The van der Waals surface area contributed by atoms with Gasteiger partial charge in [0.05, 0.1) is 12.0 Å². The molecule has 2 aliphatic carbocycles. The van der Waals surface area contributed by atoms with Gasteiger partial charge in [0, 0.05) is 6.54 Å². The molecule has 30 heavy (non-hydrogen) atoms. The fourth-order valence-electron chi connectivity index (χ4n) is 4.78. The van der Waals surface area contributed by atoms with Crippen LogP contribution in [0, 0.1) is 5.92 Å². The van der Waals surface area contributed by atoms with Crippen LogP contribution in [0.2, 0.25) is 0 Å². The molecule has 0 saturated heterocycles. The molecule has 3 aliphatic rings. The standard InChI is InChI=1S/C26H29NO3/c28-25(26(15-16-26)21-11-5-2-6-12-21)27(17-20-9-3-1-4-10-20)18-22-19-29-23-13-7-8-14-24(23)30-22/h1-3,5-8,11-14,20,22H,4,9-10,15-19H2/t20-,22+/m0/s1. The summed E-state index contributed by atoms with van der Waals surface area (Å²) in [6.45, 7) is 1.84. The summed E-state index contributed by atoms with van der Waals surface area (Å²) in [5.74, 6) is 2.32. The van der Waals surface area contributed by atoms with Crippen molar-refractivity contribution in [2.45, 2.75) is 43.6 Å². The van der Waals surface area contributed by atoms with Gasteiger partial charge in [-0.2, -0.15) is 0 Å². The lowest BCUT2D eigenvalue weighted by Crippen LogP contribution is -2.49. The first kappa shape index (κ1) is 19.2. The van der Waals surface area contributed by atoms with Crippen LogP contribution in [0.5, 0.6) is 11.5 Å². The molecule has 1 aliphatic heterocycles. The highest BCUT2D eigenvalue weighted by Crippen LogP contribution is 2.50. The number of rotatable bonds is 6. The van der Waals surface area contributed by atoms with E-state index < -0.39 is 0 Å². The fourth-order valence-corrected chi connectivity index (χ4v) is 4.78. The minimum Gasteiger partial charge on any atom is -0.486 e. The van der Waals surface area contributed by atoms with E-state index in [1.54, 1.807) is 0 Å². The second-order valence-electron chi connectivity index (χ2n) is 8.81. The second kappa shape index (κ2) is 8.17. The summed E-state index contributed by atoms with van der Waals surface area (Å²) in [4.78, 5) is 15.9. The first-order chi connectivity index (χ1) is 14.7. The molecule has 0 aromatic heterocycles. The van der Waals surface area contributed by atoms with E-state index in [0.717, 1.165) is 55.7 Å². The molecule has 4 nitrogen and oxygen atoms in total. The third-order valence-electron chi connectivity index (χ3n) is 6.62. The molecule has 1 heterocycles. The Hall–Kier alpha value is -2.75. The average molecular weight is 404 g/mol. The van der Waals surface area contributed by atoms with Gasteiger partial charge in [-0.1, -0.05) is 54.6 Å². The van der Waals surface area contributed by atoms with Gasteiger partial charge < -0.3 is 14.4 Å². The fraction of sp³-hybridized carbons (Fsp3) is 0.423. The van der Waals surface area contributed by atoms with Gasteiger partial charge in [-0.15, -0.1) is 0 Å². The van der Waals surface area contributed by atoms with E-state index in [4.69, 9.17) is 9.47 Å². The maximum absolute atomic E-state index is 13.8. The second-order valence-corrected chi connectivity index (χ2v) is 8.81. The van der Waals surface area contributed by atoms with Crippen molar-refractivity contribution in [1.82, 2.24) is 4.90 Å². The number of nitrogens with zero attached hydrogens (tertiary/aromatic N) is 1. The number of benzene rings is 2. The molecule has 1 saturated carbocycles. The number of carbonyl (C=O) groups is 1. The van der Waals surface area contributed by atoms with Crippen molar-refractivity contribution >= 4 is 5.91 Å². The molecule has 0 N–H and O–H groups in total. The lowest BCUT2D eigenvalue weighted by Gasteiger charge is -2.35. The normalized spacial score (nSPS) is 23.6. The van der Waals surface area contributed by atoms with E-state index in [0.29, 0.717) is 19.1 Å². The number of hydrogen-bond donors (Lipinski definition) is 0. The largest absolute Gasteiger partial charge is 0.486 e. The van der Waals surface area contributed by atoms with E-state index in [-0.39, 0.29) is 17.4 Å². The van der Waals surface area contributed by atoms with Gasteiger partial charge in [-0.05, 0) is 55.7 Å². The summed E-state index contributed by atoms with van der Waals surface area (Å²) in [6.07, 6.45) is 9.53. The SMILES string of the molecule is O=C(N(C[C@H]1CC=CCC1)C[C@@H]1COc2ccccc2O1)C1(c2ccccc2)CC1. The predicted molar refractivity (Wildman–Crippen MR) is 117 cm³/mol. The van der Waals surface area contributed by atoms with Crippen LogP contribution in [0.1, 0.15) is 37.7 Å². The Morgan fingerprint density at radius 3 is 2.47 bits per heavy atom. The quantitative estimate of drug-likeness (QED) is 0.654. The minimum atomic E-state index is -0.348. The van der Waals surface area contributed by atoms with E-state index >= 15 is 0 Å². The van der Waals surface area contributed by atoms with Crippen molar-refractivity contribution in [2.75, 3.05) is 19.7 Å². The molecule has 2 aromatic rings. The number of amides is 1. The third kappa shape index (κ3) is 3.83. The number of hydrogen-bond acceptors (Lipinski definition) is 3. The highest BCUT2D eigenvalue weighted by molar-refractivity contribution is 5.91. The molecule has 4 heteroatoms. The molecule has 0 spiro atoms. The summed E-state index contributed by atoms with van der Waals surface area (Å²) in [6, 6.07) is 18.1. The summed E-state index contributed by atoms with van der Waals surface area (Å²) < 4.78 is 12.1. The zero-order valence-electron chi connectivity index (χ0n) is 17.3. The molecule has 2 aromatic carbocycles. The molecular formula is C26H29NO3. The Labute approximate surface area is 178 Å². The van der Waals surface area contributed by atoms with Crippen LogP contribution < -0.4 is 9.47 Å². The Bertz CT molecular complexity index is 919. The summed E-state index contributed by atoms with van der Waals surface area (Å²) >= 11 is 0. The van der Waals surface area contributed by atoms with Crippen LogP contribution in [0.4, 0.5) is 0 Å². The van der Waals surface area contributed by atoms with Crippen molar-refractivity contribution in [3.05, 3.63) is 72.3 Å². The van der Waals surface area contributed by atoms with Gasteiger partial charge in [0.2, 0.25) is 5.91 Å². The molecule has 0 bridgehead atoms. The number of para-hydroxylation sites is 2. The van der Waals surface area contributed by atoms with E-state index in [1.165, 1.54) is 0 Å². The Kier molecular flexibility index (Phi) is 5.24. The van der Waals surface area contributed by atoms with Gasteiger partial charge in [-0.3, -0.25) is 4.79 Å². The van der Waals surface area contributed by atoms with Crippen LogP contribution in [0.25, 0.3) is 0 Å². The molecule has 1 fully saturated rings. The molecule has 0 unspecified atom stereocenters. The maximum atomic E-state index is 13.8. The smallest absolute Gasteiger partial charge is 0.233 e. The van der Waals surface area contributed by atoms with Crippen molar-refractivity contribution in [3.63, 3.8) is 0 Å². The van der Waals surface area contributed by atoms with Gasteiger partial charge in [-0.25, -0.2) is 0 Å². The van der Waals surface area contributed by atoms with E-state index in [9.17, 15) is 4.79 Å². The van der Waals surface area contributed by atoms with Gasteiger partial charge >= 0.3 is 0 Å². The van der Waals surface area contributed by atoms with Crippen molar-refractivity contribution in [3.8, 4) is 11.5 Å². The zero-order chi connectivity index (χ0) is 20.4. The minimum absolute atomic E-state index is 0.144. The van der Waals surface area contributed by atoms with Crippen molar-refractivity contribution in [2.24, 2.45) is 5.92 Å². The highest BCUT2D eigenvalue weighted by atomic mass is 16.6. The van der Waals surface area contributed by atoms with Crippen molar-refractivity contribution < 1.29 is 14.3 Å². The zero-order valence-corrected chi connectivity index (χ0v) is 17.3. The van der Waals surface area contributed by atoms with Crippen LogP contribution >= 0.6 is 0 Å². The van der Waals surface area contributed by atoms with Crippen LogP contribution in [-0.2, 0) is 10.2 Å². The van der Waals surface area contributed by atoms with E-state index in [1.807, 2.05) is 42.5 Å². The monoisotopic (exact) mass is 403 g/mol. The maximum Gasteiger partial charge on any atom is 0.233 e. The van der Waals surface area contributed by atoms with Crippen molar-refractivity contribution in [1.29, 1.82) is 0 Å². The molecular weight excluding hydrogens is 374 g/mol. The lowest BCUT2D eigenvalue weighted by atomic mass is 9.91. The summed E-state index contributed by atoms with van der Waals surface area (Å²) in [7, 11) is 0. The molecule has 5 rings (SSSR count). The lowest BCUT2D eigenvalue weighted by molar-refractivity contribution is -0.136. The predicted octanol–water partition coefficient (Wildman–Crippen LogP) is 4.74. The Morgan fingerprint density at radius 1 is 0.967 bits per heavy atom. The van der Waals surface area contributed by atoms with Gasteiger partial charge in [0.1, 0.15) is 6.61 Å². The number of fused-ring (bicyclic) bond motifs is 1. The average Bonchev–Trinajstić information content (AvgIpc) is 3.61. The van der Waals surface area contributed by atoms with Gasteiger partial charge in [0.15, 0.2) is 17.6 Å². The molecule has 1 amide bonds. The van der Waals surface area contributed by atoms with E-state index in [2.05, 4.69) is 29.2 Å².